The van der Waals surface area contributed by atoms with Crippen LogP contribution in [0.1, 0.15) is 39.5 Å². The van der Waals surface area contributed by atoms with Crippen molar-refractivity contribution >= 4 is 12.0 Å². The smallest absolute Gasteiger partial charge is 0.329 e. The summed E-state index contributed by atoms with van der Waals surface area (Å²) in [4.78, 5) is 23.1. The van der Waals surface area contributed by atoms with E-state index in [0.29, 0.717) is 25.3 Å². The lowest BCUT2D eigenvalue weighted by atomic mass is 9.76. The van der Waals surface area contributed by atoms with E-state index in [1.165, 1.54) is 0 Å². The zero-order chi connectivity index (χ0) is 13.8. The first kappa shape index (κ1) is 14.5. The van der Waals surface area contributed by atoms with Crippen molar-refractivity contribution in [2.75, 3.05) is 6.54 Å². The fraction of sp³-hybridized carbons (Fsp3) is 0.692. The molecule has 1 aliphatic carbocycles. The average molecular weight is 254 g/mol. The number of carboxylic acid groups (broad SMARTS) is 1. The maximum atomic E-state index is 11.7. The molecule has 18 heavy (non-hydrogen) atoms. The second-order valence-electron chi connectivity index (χ2n) is 5.35. The molecule has 0 radical (unpaired) electrons. The number of urea groups is 1. The molecule has 2 amide bonds. The van der Waals surface area contributed by atoms with Crippen LogP contribution in [0.3, 0.4) is 0 Å². The predicted octanol–water partition coefficient (Wildman–Crippen LogP) is 1.90. The van der Waals surface area contributed by atoms with Gasteiger partial charge in [0.1, 0.15) is 5.54 Å². The molecule has 0 spiro atoms. The van der Waals surface area contributed by atoms with Gasteiger partial charge in [0.15, 0.2) is 0 Å². The van der Waals surface area contributed by atoms with Crippen LogP contribution in [0, 0.1) is 5.92 Å². The molecule has 5 heteroatoms. The second kappa shape index (κ2) is 5.89. The highest BCUT2D eigenvalue weighted by molar-refractivity contribution is 5.86. The van der Waals surface area contributed by atoms with Crippen molar-refractivity contribution < 1.29 is 14.7 Å². The molecule has 0 aromatic rings. The number of nitrogens with one attached hydrogen (secondary N) is 2. The molecule has 0 heterocycles. The van der Waals surface area contributed by atoms with Crippen molar-refractivity contribution in [2.24, 2.45) is 5.92 Å². The Bertz CT molecular complexity index is 354. The molecule has 2 atom stereocenters. The lowest BCUT2D eigenvalue weighted by Crippen LogP contribution is -2.59. The monoisotopic (exact) mass is 254 g/mol. The number of hydrogen-bond donors (Lipinski definition) is 3. The van der Waals surface area contributed by atoms with Crippen LogP contribution in [0.25, 0.3) is 0 Å². The first-order valence-corrected chi connectivity index (χ1v) is 6.29. The first-order chi connectivity index (χ1) is 8.35. The summed E-state index contributed by atoms with van der Waals surface area (Å²) in [5.41, 5.74) is -0.289. The van der Waals surface area contributed by atoms with E-state index in [1.807, 2.05) is 6.92 Å². The Balaban J connectivity index is 2.65. The molecular formula is C13H22N2O3. The summed E-state index contributed by atoms with van der Waals surface area (Å²) < 4.78 is 0. The molecule has 1 rings (SSSR count). The minimum Gasteiger partial charge on any atom is -0.480 e. The van der Waals surface area contributed by atoms with Gasteiger partial charge in [0.2, 0.25) is 0 Å². The average Bonchev–Trinajstić information content (AvgIpc) is 2.26. The van der Waals surface area contributed by atoms with Gasteiger partial charge in [-0.25, -0.2) is 9.59 Å². The van der Waals surface area contributed by atoms with Gasteiger partial charge in [-0.15, -0.1) is 0 Å². The largest absolute Gasteiger partial charge is 0.480 e. The highest BCUT2D eigenvalue weighted by Crippen LogP contribution is 2.32. The Hall–Kier alpha value is -1.52. The lowest BCUT2D eigenvalue weighted by molar-refractivity contribution is -0.146. The van der Waals surface area contributed by atoms with Gasteiger partial charge in [-0.05, 0) is 25.7 Å². The van der Waals surface area contributed by atoms with E-state index in [9.17, 15) is 14.7 Å². The Morgan fingerprint density at radius 3 is 2.67 bits per heavy atom. The van der Waals surface area contributed by atoms with Crippen molar-refractivity contribution in [1.29, 1.82) is 0 Å². The number of rotatable bonds is 4. The van der Waals surface area contributed by atoms with Crippen molar-refractivity contribution in [3.05, 3.63) is 12.2 Å². The van der Waals surface area contributed by atoms with E-state index in [4.69, 9.17) is 0 Å². The third-order valence-corrected chi connectivity index (χ3v) is 3.31. The maximum Gasteiger partial charge on any atom is 0.329 e. The summed E-state index contributed by atoms with van der Waals surface area (Å²) in [5, 5.41) is 14.6. The number of hydrogen-bond acceptors (Lipinski definition) is 2. The van der Waals surface area contributed by atoms with Gasteiger partial charge < -0.3 is 15.7 Å². The van der Waals surface area contributed by atoms with Crippen molar-refractivity contribution in [3.8, 4) is 0 Å². The third kappa shape index (κ3) is 3.75. The van der Waals surface area contributed by atoms with Gasteiger partial charge in [0.25, 0.3) is 0 Å². The molecule has 102 valence electrons. The molecule has 1 aliphatic rings. The van der Waals surface area contributed by atoms with Crippen LogP contribution >= 0.6 is 0 Å². The number of carboxylic acids is 1. The van der Waals surface area contributed by atoms with Crippen LogP contribution in [0.15, 0.2) is 12.2 Å². The van der Waals surface area contributed by atoms with E-state index < -0.39 is 17.5 Å². The topological polar surface area (TPSA) is 78.4 Å². The fourth-order valence-corrected chi connectivity index (χ4v) is 2.41. The van der Waals surface area contributed by atoms with Crippen LogP contribution in [0.4, 0.5) is 4.79 Å². The van der Waals surface area contributed by atoms with E-state index in [2.05, 4.69) is 17.2 Å². The van der Waals surface area contributed by atoms with Crippen LogP contribution in [-0.2, 0) is 4.79 Å². The van der Waals surface area contributed by atoms with Crippen molar-refractivity contribution in [2.45, 2.75) is 45.1 Å². The van der Waals surface area contributed by atoms with Gasteiger partial charge >= 0.3 is 12.0 Å². The van der Waals surface area contributed by atoms with E-state index in [1.54, 1.807) is 6.92 Å². The minimum atomic E-state index is -1.11. The SMILES string of the molecule is C=C(C)CNC(=O)NC1(C(=O)O)CCCC(C)C1. The summed E-state index contributed by atoms with van der Waals surface area (Å²) in [6, 6.07) is -0.436. The molecule has 1 saturated carbocycles. The van der Waals surface area contributed by atoms with E-state index >= 15 is 0 Å². The first-order valence-electron chi connectivity index (χ1n) is 6.29. The molecule has 0 aromatic carbocycles. The molecule has 0 aromatic heterocycles. The fourth-order valence-electron chi connectivity index (χ4n) is 2.41. The van der Waals surface area contributed by atoms with Gasteiger partial charge in [-0.1, -0.05) is 31.9 Å². The molecule has 0 saturated heterocycles. The van der Waals surface area contributed by atoms with Crippen molar-refractivity contribution in [1.82, 2.24) is 10.6 Å². The lowest BCUT2D eigenvalue weighted by Gasteiger charge is -2.37. The predicted molar refractivity (Wildman–Crippen MR) is 69.3 cm³/mol. The van der Waals surface area contributed by atoms with Gasteiger partial charge in [0.05, 0.1) is 0 Å². The van der Waals surface area contributed by atoms with Crippen molar-refractivity contribution in [3.63, 3.8) is 0 Å². The van der Waals surface area contributed by atoms with Gasteiger partial charge in [0, 0.05) is 6.54 Å². The molecule has 0 aliphatic heterocycles. The number of carbonyl (C=O) groups is 2. The van der Waals surface area contributed by atoms with Gasteiger partial charge in [-0.2, -0.15) is 0 Å². The second-order valence-corrected chi connectivity index (χ2v) is 5.35. The highest BCUT2D eigenvalue weighted by Gasteiger charge is 2.43. The highest BCUT2D eigenvalue weighted by atomic mass is 16.4. The summed E-state index contributed by atoms with van der Waals surface area (Å²) in [5.74, 6) is -0.629. The van der Waals surface area contributed by atoms with Crippen LogP contribution in [-0.4, -0.2) is 29.2 Å². The standard InChI is InChI=1S/C13H22N2O3/c1-9(2)8-14-12(18)15-13(11(16)17)6-4-5-10(3)7-13/h10H,1,4-8H2,2-3H3,(H,16,17)(H2,14,15,18). The zero-order valence-corrected chi connectivity index (χ0v) is 11.1. The minimum absolute atomic E-state index is 0.316. The summed E-state index contributed by atoms with van der Waals surface area (Å²) in [7, 11) is 0. The Kier molecular flexibility index (Phi) is 4.76. The van der Waals surface area contributed by atoms with E-state index in [0.717, 1.165) is 18.4 Å². The van der Waals surface area contributed by atoms with Gasteiger partial charge in [-0.3, -0.25) is 0 Å². The summed E-state index contributed by atoms with van der Waals surface area (Å²) >= 11 is 0. The molecule has 5 nitrogen and oxygen atoms in total. The molecule has 3 N–H and O–H groups in total. The zero-order valence-electron chi connectivity index (χ0n) is 11.1. The number of carbonyl (C=O) groups excluding carboxylic acids is 1. The quantitative estimate of drug-likeness (QED) is 0.670. The normalized spacial score (nSPS) is 27.3. The maximum absolute atomic E-state index is 11.7. The molecular weight excluding hydrogens is 232 g/mol. The molecule has 0 bridgehead atoms. The number of aliphatic carboxylic acids is 1. The Labute approximate surface area is 108 Å². The van der Waals surface area contributed by atoms with E-state index in [-0.39, 0.29) is 0 Å². The molecule has 2 unspecified atom stereocenters. The third-order valence-electron chi connectivity index (χ3n) is 3.31. The summed E-state index contributed by atoms with van der Waals surface area (Å²) in [6.07, 6.45) is 2.83. The Morgan fingerprint density at radius 1 is 1.50 bits per heavy atom. The summed E-state index contributed by atoms with van der Waals surface area (Å²) in [6.45, 7) is 7.86. The van der Waals surface area contributed by atoms with Crippen LogP contribution < -0.4 is 10.6 Å². The Morgan fingerprint density at radius 2 is 2.17 bits per heavy atom. The van der Waals surface area contributed by atoms with Crippen LogP contribution in [0.5, 0.6) is 0 Å². The molecule has 1 fully saturated rings. The number of amides is 2. The van der Waals surface area contributed by atoms with Crippen LogP contribution in [0.2, 0.25) is 0 Å².